The Morgan fingerprint density at radius 2 is 1.75 bits per heavy atom. The minimum absolute atomic E-state index is 0.678. The SMILES string of the molecule is COc1cc(-c2ccccc2)c2c(ccc(C)[n+]2[O-])c1. The number of benzene rings is 2. The molecule has 0 aliphatic carbocycles. The first kappa shape index (κ1) is 12.5. The van der Waals surface area contributed by atoms with E-state index >= 15 is 0 Å². The molecule has 0 fully saturated rings. The maximum absolute atomic E-state index is 12.4. The van der Waals surface area contributed by atoms with E-state index in [-0.39, 0.29) is 0 Å². The van der Waals surface area contributed by atoms with Crippen LogP contribution in [0.4, 0.5) is 0 Å². The average molecular weight is 265 g/mol. The molecular formula is C17H15NO2. The molecule has 20 heavy (non-hydrogen) atoms. The summed E-state index contributed by atoms with van der Waals surface area (Å²) >= 11 is 0. The van der Waals surface area contributed by atoms with Crippen molar-refractivity contribution in [2.75, 3.05) is 7.11 Å². The standard InChI is InChI=1S/C17H15NO2/c1-12-8-9-14-10-15(20-2)11-16(17(14)18(12)19)13-6-4-3-5-7-13/h3-11H,1-2H3. The Kier molecular flexibility index (Phi) is 3.03. The van der Waals surface area contributed by atoms with Crippen LogP contribution < -0.4 is 9.47 Å². The van der Waals surface area contributed by atoms with E-state index in [1.54, 1.807) is 7.11 Å². The highest BCUT2D eigenvalue weighted by molar-refractivity contribution is 5.92. The summed E-state index contributed by atoms with van der Waals surface area (Å²) in [6, 6.07) is 17.4. The molecule has 100 valence electrons. The van der Waals surface area contributed by atoms with Crippen LogP contribution in [0.25, 0.3) is 22.0 Å². The predicted molar refractivity (Wildman–Crippen MR) is 79.6 cm³/mol. The van der Waals surface area contributed by atoms with Crippen LogP contribution in [-0.2, 0) is 0 Å². The zero-order valence-corrected chi connectivity index (χ0v) is 11.5. The quantitative estimate of drug-likeness (QED) is 0.525. The van der Waals surface area contributed by atoms with Crippen LogP contribution >= 0.6 is 0 Å². The normalized spacial score (nSPS) is 10.7. The first-order valence-electron chi connectivity index (χ1n) is 6.47. The number of nitrogens with zero attached hydrogens (tertiary/aromatic N) is 1. The van der Waals surface area contributed by atoms with Gasteiger partial charge in [0.1, 0.15) is 5.75 Å². The Morgan fingerprint density at radius 3 is 2.45 bits per heavy atom. The fourth-order valence-electron chi connectivity index (χ4n) is 2.39. The van der Waals surface area contributed by atoms with Crippen molar-refractivity contribution in [3.63, 3.8) is 0 Å². The van der Waals surface area contributed by atoms with Gasteiger partial charge >= 0.3 is 0 Å². The number of methoxy groups -OCH3 is 1. The molecule has 0 saturated heterocycles. The highest BCUT2D eigenvalue weighted by Gasteiger charge is 2.15. The van der Waals surface area contributed by atoms with Crippen molar-refractivity contribution in [3.05, 3.63) is 65.5 Å². The molecule has 0 N–H and O–H groups in total. The van der Waals surface area contributed by atoms with E-state index < -0.39 is 0 Å². The minimum Gasteiger partial charge on any atom is -0.618 e. The van der Waals surface area contributed by atoms with E-state index in [1.807, 2.05) is 61.5 Å². The summed E-state index contributed by atoms with van der Waals surface area (Å²) in [4.78, 5) is 0. The topological polar surface area (TPSA) is 36.2 Å². The van der Waals surface area contributed by atoms with Crippen LogP contribution in [0.5, 0.6) is 5.75 Å². The zero-order chi connectivity index (χ0) is 14.1. The first-order valence-corrected chi connectivity index (χ1v) is 6.47. The summed E-state index contributed by atoms with van der Waals surface area (Å²) in [5, 5.41) is 13.3. The van der Waals surface area contributed by atoms with Gasteiger partial charge in [0, 0.05) is 13.0 Å². The van der Waals surface area contributed by atoms with Gasteiger partial charge in [0.15, 0.2) is 5.69 Å². The highest BCUT2D eigenvalue weighted by atomic mass is 16.5. The maximum atomic E-state index is 12.4. The Balaban J connectivity index is 2.42. The van der Waals surface area contributed by atoms with Crippen molar-refractivity contribution in [1.82, 2.24) is 0 Å². The number of rotatable bonds is 2. The third-order valence-corrected chi connectivity index (χ3v) is 3.46. The highest BCUT2D eigenvalue weighted by Crippen LogP contribution is 2.31. The molecule has 0 radical (unpaired) electrons. The second-order valence-corrected chi connectivity index (χ2v) is 4.75. The van der Waals surface area contributed by atoms with Crippen molar-refractivity contribution in [1.29, 1.82) is 0 Å². The smallest absolute Gasteiger partial charge is 0.232 e. The second-order valence-electron chi connectivity index (χ2n) is 4.75. The van der Waals surface area contributed by atoms with Crippen molar-refractivity contribution >= 4 is 10.9 Å². The molecule has 0 amide bonds. The molecule has 3 rings (SSSR count). The van der Waals surface area contributed by atoms with Gasteiger partial charge in [-0.25, -0.2) is 0 Å². The largest absolute Gasteiger partial charge is 0.618 e. The fourth-order valence-corrected chi connectivity index (χ4v) is 2.39. The molecule has 2 aromatic carbocycles. The summed E-state index contributed by atoms with van der Waals surface area (Å²) in [6.45, 7) is 1.81. The van der Waals surface area contributed by atoms with E-state index in [9.17, 15) is 5.21 Å². The Morgan fingerprint density at radius 1 is 1.00 bits per heavy atom. The van der Waals surface area contributed by atoms with Crippen molar-refractivity contribution < 1.29 is 9.47 Å². The van der Waals surface area contributed by atoms with Gasteiger partial charge in [-0.3, -0.25) is 0 Å². The molecule has 0 atom stereocenters. The molecule has 3 heteroatoms. The molecule has 0 aliphatic rings. The fraction of sp³-hybridized carbons (Fsp3) is 0.118. The van der Waals surface area contributed by atoms with Gasteiger partial charge in [-0.15, -0.1) is 0 Å². The molecule has 0 bridgehead atoms. The average Bonchev–Trinajstić information content (AvgIpc) is 2.51. The number of pyridine rings is 1. The summed E-state index contributed by atoms with van der Waals surface area (Å²) in [7, 11) is 1.63. The van der Waals surface area contributed by atoms with Gasteiger partial charge in [-0.1, -0.05) is 30.3 Å². The van der Waals surface area contributed by atoms with Crippen LogP contribution in [-0.4, -0.2) is 7.11 Å². The lowest BCUT2D eigenvalue weighted by molar-refractivity contribution is -0.583. The molecule has 0 saturated carbocycles. The van der Waals surface area contributed by atoms with Crippen LogP contribution in [0, 0.1) is 12.1 Å². The minimum atomic E-state index is 0.678. The Bertz CT molecular complexity index is 767. The molecule has 3 aromatic rings. The summed E-state index contributed by atoms with van der Waals surface area (Å²) < 4.78 is 6.33. The molecule has 0 unspecified atom stereocenters. The lowest BCUT2D eigenvalue weighted by atomic mass is 10.0. The number of hydrogen-bond donors (Lipinski definition) is 0. The molecule has 0 spiro atoms. The van der Waals surface area contributed by atoms with Gasteiger partial charge in [-0.2, -0.15) is 4.73 Å². The van der Waals surface area contributed by atoms with Crippen LogP contribution in [0.15, 0.2) is 54.6 Å². The van der Waals surface area contributed by atoms with Crippen LogP contribution in [0.1, 0.15) is 5.69 Å². The van der Waals surface area contributed by atoms with Gasteiger partial charge in [0.2, 0.25) is 5.52 Å². The number of hydrogen-bond acceptors (Lipinski definition) is 2. The van der Waals surface area contributed by atoms with E-state index in [4.69, 9.17) is 4.74 Å². The molecule has 1 aromatic heterocycles. The van der Waals surface area contributed by atoms with Gasteiger partial charge < -0.3 is 9.94 Å². The van der Waals surface area contributed by atoms with Crippen LogP contribution in [0.2, 0.25) is 0 Å². The molecule has 0 aliphatic heterocycles. The van der Waals surface area contributed by atoms with Crippen LogP contribution in [0.3, 0.4) is 0 Å². The summed E-state index contributed by atoms with van der Waals surface area (Å²) in [5.41, 5.74) is 3.25. The van der Waals surface area contributed by atoms with Gasteiger partial charge in [-0.05, 0) is 23.8 Å². The molecule has 1 heterocycles. The van der Waals surface area contributed by atoms with Crippen molar-refractivity contribution in [2.45, 2.75) is 6.92 Å². The maximum Gasteiger partial charge on any atom is 0.232 e. The predicted octanol–water partition coefficient (Wildman–Crippen LogP) is 3.46. The van der Waals surface area contributed by atoms with Gasteiger partial charge in [0.25, 0.3) is 0 Å². The third-order valence-electron chi connectivity index (χ3n) is 3.46. The van der Waals surface area contributed by atoms with E-state index in [0.717, 1.165) is 27.0 Å². The second kappa shape index (κ2) is 4.85. The number of fused-ring (bicyclic) bond motifs is 1. The Hall–Kier alpha value is -2.55. The summed E-state index contributed by atoms with van der Waals surface area (Å²) in [5.74, 6) is 0.750. The number of aromatic nitrogens is 1. The van der Waals surface area contributed by atoms with Gasteiger partial charge in [0.05, 0.1) is 18.1 Å². The van der Waals surface area contributed by atoms with E-state index in [0.29, 0.717) is 11.2 Å². The first-order chi connectivity index (χ1) is 9.70. The molecular weight excluding hydrogens is 250 g/mol. The monoisotopic (exact) mass is 265 g/mol. The third kappa shape index (κ3) is 1.97. The van der Waals surface area contributed by atoms with E-state index in [1.165, 1.54) is 0 Å². The number of aryl methyl sites for hydroxylation is 1. The van der Waals surface area contributed by atoms with Crippen molar-refractivity contribution in [2.24, 2.45) is 0 Å². The summed E-state index contributed by atoms with van der Waals surface area (Å²) in [6.07, 6.45) is 0. The molecule has 3 nitrogen and oxygen atoms in total. The lowest BCUT2D eigenvalue weighted by Gasteiger charge is -2.11. The lowest BCUT2D eigenvalue weighted by Crippen LogP contribution is -2.31. The number of ether oxygens (including phenoxy) is 1. The zero-order valence-electron chi connectivity index (χ0n) is 11.5. The van der Waals surface area contributed by atoms with E-state index in [2.05, 4.69) is 0 Å². The Labute approximate surface area is 117 Å². The van der Waals surface area contributed by atoms with Crippen molar-refractivity contribution in [3.8, 4) is 16.9 Å².